The molecule has 0 aliphatic heterocycles. The van der Waals surface area contributed by atoms with E-state index in [1.165, 1.54) is 0 Å². The van der Waals surface area contributed by atoms with Crippen molar-refractivity contribution in [1.82, 2.24) is 9.78 Å². The van der Waals surface area contributed by atoms with Gasteiger partial charge in [0.2, 0.25) is 0 Å². The molecule has 0 unspecified atom stereocenters. The molecule has 1 aromatic heterocycles. The van der Waals surface area contributed by atoms with E-state index in [0.717, 1.165) is 28.3 Å². The maximum atomic E-state index is 9.53. The normalized spacial score (nSPS) is 11.9. The van der Waals surface area contributed by atoms with Gasteiger partial charge < -0.3 is 24.4 Å². The number of methoxy groups -OCH3 is 1. The molecule has 1 heterocycles. The van der Waals surface area contributed by atoms with Gasteiger partial charge >= 0.3 is 0 Å². The van der Waals surface area contributed by atoms with E-state index in [1.54, 1.807) is 21.0 Å². The number of benzene rings is 2. The van der Waals surface area contributed by atoms with E-state index in [9.17, 15) is 10.2 Å². The number of aliphatic hydroxyl groups excluding tert-OH is 1. The van der Waals surface area contributed by atoms with Crippen LogP contribution in [0.25, 0.3) is 11.3 Å². The van der Waals surface area contributed by atoms with E-state index in [2.05, 4.69) is 0 Å². The third-order valence-electron chi connectivity index (χ3n) is 5.07. The minimum atomic E-state index is -1.59. The number of hydrogen-bond acceptors (Lipinski definition) is 6. The Labute approximate surface area is 189 Å². The summed E-state index contributed by atoms with van der Waals surface area (Å²) in [7, 11) is 1.64. The molecule has 3 aromatic rings. The van der Waals surface area contributed by atoms with Gasteiger partial charge in [-0.1, -0.05) is 30.3 Å². The molecule has 0 bridgehead atoms. The molecule has 0 atom stereocenters. The first-order chi connectivity index (χ1) is 15.2. The lowest BCUT2D eigenvalue weighted by molar-refractivity contribution is -0.197. The molecule has 0 amide bonds. The summed E-state index contributed by atoms with van der Waals surface area (Å²) < 4.78 is 19.0. The number of rotatable bonds is 10. The van der Waals surface area contributed by atoms with Crippen LogP contribution in [0.3, 0.4) is 0 Å². The van der Waals surface area contributed by atoms with Gasteiger partial charge in [-0.15, -0.1) is 0 Å². The van der Waals surface area contributed by atoms with Gasteiger partial charge in [0, 0.05) is 11.1 Å². The summed E-state index contributed by atoms with van der Waals surface area (Å²) in [5, 5.41) is 23.8. The zero-order chi connectivity index (χ0) is 23.3. The predicted molar refractivity (Wildman–Crippen MR) is 123 cm³/mol. The Morgan fingerprint density at radius 2 is 1.78 bits per heavy atom. The topological polar surface area (TPSA) is 86.0 Å². The SMILES string of the molecule is COc1cccc(-c2cc(COC(C)(C)C(O)O)nn2Cc2ccccc2OC(C)C)c1. The second-order valence-corrected chi connectivity index (χ2v) is 8.45. The summed E-state index contributed by atoms with van der Waals surface area (Å²) in [4.78, 5) is 0. The Morgan fingerprint density at radius 1 is 1.03 bits per heavy atom. The molecular formula is C25H32N2O5. The molecule has 2 N–H and O–H groups in total. The van der Waals surface area contributed by atoms with Crippen molar-refractivity contribution in [2.45, 2.75) is 58.8 Å². The van der Waals surface area contributed by atoms with Crippen LogP contribution in [-0.4, -0.2) is 45.1 Å². The van der Waals surface area contributed by atoms with Gasteiger partial charge in [-0.25, -0.2) is 0 Å². The average molecular weight is 441 g/mol. The molecule has 0 fully saturated rings. The summed E-state index contributed by atoms with van der Waals surface area (Å²) in [6, 6.07) is 17.6. The van der Waals surface area contributed by atoms with E-state index >= 15 is 0 Å². The lowest BCUT2D eigenvalue weighted by Gasteiger charge is -2.26. The van der Waals surface area contributed by atoms with Crippen molar-refractivity contribution in [2.75, 3.05) is 7.11 Å². The van der Waals surface area contributed by atoms with Crippen LogP contribution in [-0.2, 0) is 17.9 Å². The molecule has 0 radical (unpaired) electrons. The molecule has 7 nitrogen and oxygen atoms in total. The van der Waals surface area contributed by atoms with Crippen LogP contribution in [0.4, 0.5) is 0 Å². The third kappa shape index (κ3) is 5.88. The van der Waals surface area contributed by atoms with Gasteiger partial charge in [-0.05, 0) is 52.0 Å². The molecule has 172 valence electrons. The van der Waals surface area contributed by atoms with Crippen LogP contribution in [0.5, 0.6) is 11.5 Å². The van der Waals surface area contributed by atoms with Crippen LogP contribution in [0.2, 0.25) is 0 Å². The predicted octanol–water partition coefficient (Wildman–Crippen LogP) is 4.00. The lowest BCUT2D eigenvalue weighted by atomic mass is 10.1. The average Bonchev–Trinajstić information content (AvgIpc) is 3.16. The summed E-state index contributed by atoms with van der Waals surface area (Å²) in [6.07, 6.45) is -1.54. The maximum Gasteiger partial charge on any atom is 0.180 e. The molecule has 7 heteroatoms. The van der Waals surface area contributed by atoms with Gasteiger partial charge in [0.25, 0.3) is 0 Å². The van der Waals surface area contributed by atoms with E-state index in [-0.39, 0.29) is 12.7 Å². The number of ether oxygens (including phenoxy) is 3. The van der Waals surface area contributed by atoms with Crippen molar-refractivity contribution in [3.8, 4) is 22.8 Å². The second-order valence-electron chi connectivity index (χ2n) is 8.45. The highest BCUT2D eigenvalue weighted by atomic mass is 16.6. The summed E-state index contributed by atoms with van der Waals surface area (Å²) in [5.74, 6) is 1.57. The van der Waals surface area contributed by atoms with E-state index in [4.69, 9.17) is 19.3 Å². The first-order valence-electron chi connectivity index (χ1n) is 10.7. The third-order valence-corrected chi connectivity index (χ3v) is 5.07. The maximum absolute atomic E-state index is 9.53. The van der Waals surface area contributed by atoms with Crippen molar-refractivity contribution >= 4 is 0 Å². The lowest BCUT2D eigenvalue weighted by Crippen LogP contribution is -2.38. The molecule has 2 aromatic carbocycles. The van der Waals surface area contributed by atoms with Gasteiger partial charge in [-0.3, -0.25) is 4.68 Å². The quantitative estimate of drug-likeness (QED) is 0.464. The number of nitrogens with zero attached hydrogens (tertiary/aromatic N) is 2. The molecule has 3 rings (SSSR count). The van der Waals surface area contributed by atoms with E-state index in [1.807, 2.05) is 73.1 Å². The smallest absolute Gasteiger partial charge is 0.180 e. The second kappa shape index (κ2) is 10.2. The Morgan fingerprint density at radius 3 is 2.47 bits per heavy atom. The van der Waals surface area contributed by atoms with Crippen LogP contribution < -0.4 is 9.47 Å². The number of hydrogen-bond donors (Lipinski definition) is 2. The molecule has 0 saturated heterocycles. The van der Waals surface area contributed by atoms with Crippen molar-refractivity contribution < 1.29 is 24.4 Å². The van der Waals surface area contributed by atoms with Crippen molar-refractivity contribution in [3.63, 3.8) is 0 Å². The molecule has 0 aliphatic carbocycles. The molecule has 0 spiro atoms. The van der Waals surface area contributed by atoms with E-state index in [0.29, 0.717) is 12.2 Å². The first-order valence-corrected chi connectivity index (χ1v) is 10.7. The van der Waals surface area contributed by atoms with Crippen molar-refractivity contribution in [1.29, 1.82) is 0 Å². The Balaban J connectivity index is 1.97. The van der Waals surface area contributed by atoms with Gasteiger partial charge in [-0.2, -0.15) is 5.10 Å². The van der Waals surface area contributed by atoms with Gasteiger partial charge in [0.15, 0.2) is 6.29 Å². The number of para-hydroxylation sites is 1. The summed E-state index contributed by atoms with van der Waals surface area (Å²) in [5.41, 5.74) is 2.42. The highest BCUT2D eigenvalue weighted by molar-refractivity contribution is 5.62. The Bertz CT molecular complexity index is 1030. The molecule has 32 heavy (non-hydrogen) atoms. The highest BCUT2D eigenvalue weighted by Gasteiger charge is 2.27. The van der Waals surface area contributed by atoms with Gasteiger partial charge in [0.05, 0.1) is 37.8 Å². The monoisotopic (exact) mass is 440 g/mol. The highest BCUT2D eigenvalue weighted by Crippen LogP contribution is 2.28. The molecule has 0 saturated carbocycles. The molecule has 0 aliphatic rings. The van der Waals surface area contributed by atoms with E-state index < -0.39 is 11.9 Å². The zero-order valence-electron chi connectivity index (χ0n) is 19.3. The van der Waals surface area contributed by atoms with Crippen molar-refractivity contribution in [2.24, 2.45) is 0 Å². The van der Waals surface area contributed by atoms with Gasteiger partial charge in [0.1, 0.15) is 17.1 Å². The molecular weight excluding hydrogens is 408 g/mol. The fraction of sp³-hybridized carbons (Fsp3) is 0.400. The van der Waals surface area contributed by atoms with Crippen LogP contribution in [0, 0.1) is 0 Å². The Hall–Kier alpha value is -2.87. The fourth-order valence-corrected chi connectivity index (χ4v) is 3.18. The minimum Gasteiger partial charge on any atom is -0.497 e. The summed E-state index contributed by atoms with van der Waals surface area (Å²) in [6.45, 7) is 7.88. The Kier molecular flexibility index (Phi) is 7.56. The number of aromatic nitrogens is 2. The van der Waals surface area contributed by atoms with Crippen molar-refractivity contribution in [3.05, 3.63) is 65.9 Å². The first kappa shape index (κ1) is 23.8. The minimum absolute atomic E-state index is 0.0581. The summed E-state index contributed by atoms with van der Waals surface area (Å²) >= 11 is 0. The zero-order valence-corrected chi connectivity index (χ0v) is 19.3. The number of aliphatic hydroxyl groups is 2. The standard InChI is InChI=1S/C25H32N2O5/c1-17(2)32-23-12-7-6-9-19(23)15-27-22(18-10-8-11-21(13-18)30-5)14-20(26-27)16-31-25(3,4)24(28)29/h6-14,17,24,28-29H,15-16H2,1-5H3. The van der Waals surface area contributed by atoms with Crippen LogP contribution in [0.1, 0.15) is 39.0 Å². The van der Waals surface area contributed by atoms with Crippen LogP contribution >= 0.6 is 0 Å². The fourth-order valence-electron chi connectivity index (χ4n) is 3.18. The van der Waals surface area contributed by atoms with Crippen LogP contribution in [0.15, 0.2) is 54.6 Å². The largest absolute Gasteiger partial charge is 0.497 e.